The van der Waals surface area contributed by atoms with Gasteiger partial charge in [0.15, 0.2) is 5.96 Å². The van der Waals surface area contributed by atoms with Gasteiger partial charge in [0.1, 0.15) is 12.4 Å². The maximum Gasteiger partial charge on any atom is 0.191 e. The Labute approximate surface area is 181 Å². The van der Waals surface area contributed by atoms with E-state index in [0.29, 0.717) is 31.2 Å². The lowest BCUT2D eigenvalue weighted by Gasteiger charge is -2.22. The molecule has 0 saturated carbocycles. The fourth-order valence-electron chi connectivity index (χ4n) is 3.12. The zero-order chi connectivity index (χ0) is 18.9. The maximum absolute atomic E-state index is 5.59. The summed E-state index contributed by atoms with van der Waals surface area (Å²) in [6, 6.07) is 9.14. The van der Waals surface area contributed by atoms with E-state index in [1.54, 1.807) is 7.11 Å². The Morgan fingerprint density at radius 3 is 2.48 bits per heavy atom. The molecule has 0 bridgehead atoms. The molecule has 6 nitrogen and oxygen atoms in total. The van der Waals surface area contributed by atoms with Crippen molar-refractivity contribution >= 4 is 29.9 Å². The molecule has 0 aromatic heterocycles. The van der Waals surface area contributed by atoms with Gasteiger partial charge in [-0.05, 0) is 37.5 Å². The number of ether oxygens (including phenoxy) is 2. The van der Waals surface area contributed by atoms with Crippen LogP contribution in [0.25, 0.3) is 0 Å². The van der Waals surface area contributed by atoms with Gasteiger partial charge in [-0.1, -0.05) is 19.1 Å². The van der Waals surface area contributed by atoms with Gasteiger partial charge >= 0.3 is 0 Å². The summed E-state index contributed by atoms with van der Waals surface area (Å²) in [6.07, 6.45) is 0. The van der Waals surface area contributed by atoms with Gasteiger partial charge in [0.2, 0.25) is 0 Å². The second-order valence-electron chi connectivity index (χ2n) is 7.19. The van der Waals surface area contributed by atoms with Crippen LogP contribution in [-0.4, -0.2) is 63.4 Å². The first-order chi connectivity index (χ1) is 12.5. The van der Waals surface area contributed by atoms with Gasteiger partial charge < -0.3 is 20.1 Å². The van der Waals surface area contributed by atoms with E-state index < -0.39 is 0 Å². The van der Waals surface area contributed by atoms with Crippen molar-refractivity contribution in [1.29, 1.82) is 0 Å². The van der Waals surface area contributed by atoms with Gasteiger partial charge in [-0.25, -0.2) is 0 Å². The summed E-state index contributed by atoms with van der Waals surface area (Å²) < 4.78 is 10.6. The van der Waals surface area contributed by atoms with Crippen LogP contribution in [0, 0.1) is 5.92 Å². The fourth-order valence-corrected chi connectivity index (χ4v) is 3.12. The third-order valence-corrected chi connectivity index (χ3v) is 4.86. The zero-order valence-corrected chi connectivity index (χ0v) is 19.5. The van der Waals surface area contributed by atoms with Gasteiger partial charge in [0.25, 0.3) is 0 Å². The Bertz CT molecular complexity index is 566. The molecule has 0 radical (unpaired) electrons. The van der Waals surface area contributed by atoms with E-state index in [4.69, 9.17) is 9.47 Å². The molecule has 2 N–H and O–H groups in total. The normalized spacial score (nSPS) is 20.4. The number of nitrogens with zero attached hydrogens (tertiary/aromatic N) is 2. The van der Waals surface area contributed by atoms with Gasteiger partial charge in [0.05, 0.1) is 6.61 Å². The number of hydrogen-bond donors (Lipinski definition) is 2. The number of halogens is 1. The lowest BCUT2D eigenvalue weighted by Crippen LogP contribution is -2.46. The van der Waals surface area contributed by atoms with Gasteiger partial charge in [-0.2, -0.15) is 0 Å². The average Bonchev–Trinajstić information content (AvgIpc) is 3.01. The second kappa shape index (κ2) is 12.4. The molecule has 0 spiro atoms. The molecule has 2 atom stereocenters. The minimum atomic E-state index is 0. The van der Waals surface area contributed by atoms with Crippen LogP contribution in [0.3, 0.4) is 0 Å². The van der Waals surface area contributed by atoms with E-state index in [-0.39, 0.29) is 24.0 Å². The van der Waals surface area contributed by atoms with Crippen LogP contribution in [0.15, 0.2) is 29.3 Å². The Morgan fingerprint density at radius 1 is 1.22 bits per heavy atom. The van der Waals surface area contributed by atoms with Gasteiger partial charge in [-0.15, -0.1) is 24.0 Å². The summed E-state index contributed by atoms with van der Waals surface area (Å²) in [7, 11) is 3.49. The molecule has 154 valence electrons. The van der Waals surface area contributed by atoms with Crippen molar-refractivity contribution in [3.05, 3.63) is 29.8 Å². The fraction of sp³-hybridized carbons (Fsp3) is 0.650. The molecule has 1 aliphatic rings. The SMILES string of the molecule is CN=C(NCc1ccc(OCCOC)cc1)NC1CN(C(C)C)CC1C.I. The van der Waals surface area contributed by atoms with Crippen molar-refractivity contribution < 1.29 is 9.47 Å². The first-order valence-corrected chi connectivity index (χ1v) is 9.45. The molecule has 1 saturated heterocycles. The predicted octanol–water partition coefficient (Wildman–Crippen LogP) is 2.72. The quantitative estimate of drug-likeness (QED) is 0.254. The highest BCUT2D eigenvalue weighted by molar-refractivity contribution is 14.0. The van der Waals surface area contributed by atoms with Crippen LogP contribution >= 0.6 is 24.0 Å². The van der Waals surface area contributed by atoms with E-state index in [1.807, 2.05) is 19.2 Å². The summed E-state index contributed by atoms with van der Waals surface area (Å²) in [4.78, 5) is 6.89. The molecular weight excluding hydrogens is 455 g/mol. The summed E-state index contributed by atoms with van der Waals surface area (Å²) >= 11 is 0. The molecule has 1 aliphatic heterocycles. The largest absolute Gasteiger partial charge is 0.491 e. The monoisotopic (exact) mass is 490 g/mol. The Balaban J connectivity index is 0.00000364. The van der Waals surface area contributed by atoms with E-state index in [2.05, 4.69) is 53.4 Å². The number of nitrogens with one attached hydrogen (secondary N) is 2. The lowest BCUT2D eigenvalue weighted by molar-refractivity contribution is 0.146. The van der Waals surface area contributed by atoms with Crippen LogP contribution in [-0.2, 0) is 11.3 Å². The van der Waals surface area contributed by atoms with Crippen LogP contribution in [0.2, 0.25) is 0 Å². The highest BCUT2D eigenvalue weighted by Crippen LogP contribution is 2.18. The molecule has 1 heterocycles. The molecular formula is C20H35IN4O2. The van der Waals surface area contributed by atoms with Crippen LogP contribution < -0.4 is 15.4 Å². The number of guanidine groups is 1. The van der Waals surface area contributed by atoms with Crippen molar-refractivity contribution in [2.24, 2.45) is 10.9 Å². The minimum Gasteiger partial charge on any atom is -0.491 e. The molecule has 7 heteroatoms. The summed E-state index contributed by atoms with van der Waals surface area (Å²) in [6.45, 7) is 10.9. The van der Waals surface area contributed by atoms with Crippen LogP contribution in [0.4, 0.5) is 0 Å². The standard InChI is InChI=1S/C20H34N4O2.HI/c1-15(2)24-13-16(3)19(14-24)23-20(21-4)22-12-17-6-8-18(9-7-17)26-11-10-25-5;/h6-9,15-16,19H,10-14H2,1-5H3,(H2,21,22,23);1H. The van der Waals surface area contributed by atoms with Crippen molar-refractivity contribution in [3.63, 3.8) is 0 Å². The second-order valence-corrected chi connectivity index (χ2v) is 7.19. The van der Waals surface area contributed by atoms with Gasteiger partial charge in [0, 0.05) is 45.9 Å². The number of methoxy groups -OCH3 is 1. The average molecular weight is 490 g/mol. The third kappa shape index (κ3) is 7.83. The Hall–Kier alpha value is -1.06. The molecule has 27 heavy (non-hydrogen) atoms. The Kier molecular flexibility index (Phi) is 11.0. The number of benzene rings is 1. The summed E-state index contributed by atoms with van der Waals surface area (Å²) in [5, 5.41) is 6.98. The zero-order valence-electron chi connectivity index (χ0n) is 17.2. The third-order valence-electron chi connectivity index (χ3n) is 4.86. The van der Waals surface area contributed by atoms with Crippen LogP contribution in [0.5, 0.6) is 5.75 Å². The number of aliphatic imine (C=N–C) groups is 1. The molecule has 0 amide bonds. The van der Waals surface area contributed by atoms with Crippen molar-refractivity contribution in [3.8, 4) is 5.75 Å². The molecule has 1 fully saturated rings. The molecule has 0 aliphatic carbocycles. The van der Waals surface area contributed by atoms with Gasteiger partial charge in [-0.3, -0.25) is 9.89 Å². The van der Waals surface area contributed by atoms with E-state index in [9.17, 15) is 0 Å². The summed E-state index contributed by atoms with van der Waals surface area (Å²) in [5.41, 5.74) is 1.19. The van der Waals surface area contributed by atoms with Crippen molar-refractivity contribution in [1.82, 2.24) is 15.5 Å². The van der Waals surface area contributed by atoms with E-state index in [0.717, 1.165) is 31.3 Å². The van der Waals surface area contributed by atoms with Crippen molar-refractivity contribution in [2.45, 2.75) is 39.4 Å². The highest BCUT2D eigenvalue weighted by atomic mass is 127. The molecule has 2 unspecified atom stereocenters. The van der Waals surface area contributed by atoms with Crippen molar-refractivity contribution in [2.75, 3.05) is 40.5 Å². The Morgan fingerprint density at radius 2 is 1.93 bits per heavy atom. The number of rotatable bonds is 8. The topological polar surface area (TPSA) is 58.1 Å². The van der Waals surface area contributed by atoms with E-state index in [1.165, 1.54) is 5.56 Å². The lowest BCUT2D eigenvalue weighted by atomic mass is 10.1. The smallest absolute Gasteiger partial charge is 0.191 e. The number of likely N-dealkylation sites (tertiary alicyclic amines) is 1. The predicted molar refractivity (Wildman–Crippen MR) is 122 cm³/mol. The van der Waals surface area contributed by atoms with E-state index >= 15 is 0 Å². The minimum absolute atomic E-state index is 0. The highest BCUT2D eigenvalue weighted by Gasteiger charge is 2.31. The molecule has 1 aromatic rings. The molecule has 2 rings (SSSR count). The number of hydrogen-bond acceptors (Lipinski definition) is 4. The molecule has 1 aromatic carbocycles. The maximum atomic E-state index is 5.59. The summed E-state index contributed by atoms with van der Waals surface area (Å²) in [5.74, 6) is 2.33. The first-order valence-electron chi connectivity index (χ1n) is 9.45. The first kappa shape index (κ1) is 24.0. The van der Waals surface area contributed by atoms with Crippen LogP contribution in [0.1, 0.15) is 26.3 Å².